The van der Waals surface area contributed by atoms with Crippen molar-refractivity contribution in [2.45, 2.75) is 27.2 Å². The third-order valence-electron chi connectivity index (χ3n) is 0.953. The van der Waals surface area contributed by atoms with Gasteiger partial charge in [0, 0.05) is 14.9 Å². The molecular formula is C7H19NO4S. The summed E-state index contributed by atoms with van der Waals surface area (Å²) in [5, 5.41) is 2.40. The summed E-state index contributed by atoms with van der Waals surface area (Å²) in [4.78, 5) is 10.2. The number of hydrogen-bond donors (Lipinski definition) is 2. The van der Waals surface area contributed by atoms with Gasteiger partial charge in [-0.25, -0.2) is 0 Å². The maximum atomic E-state index is 10.2. The van der Waals surface area contributed by atoms with Crippen LogP contribution in [0.15, 0.2) is 0 Å². The maximum Gasteiger partial charge on any atom is 0.264 e. The van der Waals surface area contributed by atoms with Gasteiger partial charge in [-0.05, 0) is 6.42 Å². The van der Waals surface area contributed by atoms with E-state index in [0.717, 1.165) is 0 Å². The molecule has 0 saturated heterocycles. The highest BCUT2D eigenvalue weighted by molar-refractivity contribution is 7.85. The molecule has 0 radical (unpaired) electrons. The van der Waals surface area contributed by atoms with E-state index in [1.807, 2.05) is 13.8 Å². The number of rotatable bonds is 4. The fourth-order valence-corrected chi connectivity index (χ4v) is 1.03. The second kappa shape index (κ2) is 8.00. The van der Waals surface area contributed by atoms with Crippen LogP contribution in [0.5, 0.6) is 0 Å². The fourth-order valence-electron chi connectivity index (χ4n) is 0.519. The molecule has 0 spiro atoms. The number of nitrogens with one attached hydrogen (secondary N) is 1. The molecule has 0 unspecified atom stereocenters. The maximum absolute atomic E-state index is 10.2. The van der Waals surface area contributed by atoms with Crippen LogP contribution in [0.4, 0.5) is 0 Å². The SMILES string of the molecule is CC.CC(=O)NCCCS(=O)(=O)O.[HH]. The summed E-state index contributed by atoms with van der Waals surface area (Å²) in [5.74, 6) is -0.520. The summed E-state index contributed by atoms with van der Waals surface area (Å²) < 4.78 is 28.5. The lowest BCUT2D eigenvalue weighted by molar-refractivity contribution is -0.118. The molecule has 0 aromatic rings. The van der Waals surface area contributed by atoms with Gasteiger partial charge in [0.1, 0.15) is 0 Å². The Morgan fingerprint density at radius 3 is 2.23 bits per heavy atom. The van der Waals surface area contributed by atoms with Crippen LogP contribution in [0.25, 0.3) is 0 Å². The second-order valence-corrected chi connectivity index (χ2v) is 3.69. The normalized spacial score (nSPS) is 9.85. The molecule has 0 fully saturated rings. The van der Waals surface area contributed by atoms with Crippen LogP contribution < -0.4 is 5.32 Å². The van der Waals surface area contributed by atoms with Gasteiger partial charge in [0.05, 0.1) is 5.75 Å². The molecule has 0 aromatic heterocycles. The molecular weight excluding hydrogens is 194 g/mol. The third kappa shape index (κ3) is 18.4. The van der Waals surface area contributed by atoms with Crippen LogP contribution in [0.2, 0.25) is 0 Å². The summed E-state index contributed by atoms with van der Waals surface area (Å²) in [6.45, 7) is 5.61. The minimum atomic E-state index is -3.87. The first-order valence-corrected chi connectivity index (χ1v) is 5.72. The smallest absolute Gasteiger partial charge is 0.264 e. The highest BCUT2D eigenvalue weighted by atomic mass is 32.2. The van der Waals surface area contributed by atoms with E-state index in [4.69, 9.17) is 4.55 Å². The molecule has 13 heavy (non-hydrogen) atoms. The van der Waals surface area contributed by atoms with Crippen LogP contribution in [0, 0.1) is 0 Å². The van der Waals surface area contributed by atoms with Crippen LogP contribution >= 0.6 is 0 Å². The zero-order valence-corrected chi connectivity index (χ0v) is 9.02. The first kappa shape index (κ1) is 14.9. The van der Waals surface area contributed by atoms with Crippen LogP contribution in [-0.4, -0.2) is 31.2 Å². The topological polar surface area (TPSA) is 83.5 Å². The molecule has 82 valence electrons. The Kier molecular flexibility index (Phi) is 9.16. The van der Waals surface area contributed by atoms with E-state index >= 15 is 0 Å². The van der Waals surface area contributed by atoms with Gasteiger partial charge in [-0.15, -0.1) is 0 Å². The molecule has 0 rings (SSSR count). The Labute approximate surface area is 80.8 Å². The lowest BCUT2D eigenvalue weighted by Gasteiger charge is -1.98. The van der Waals surface area contributed by atoms with Crippen LogP contribution in [0.1, 0.15) is 28.6 Å². The third-order valence-corrected chi connectivity index (χ3v) is 1.76. The average Bonchev–Trinajstić information content (AvgIpc) is 2.00. The van der Waals surface area contributed by atoms with E-state index in [2.05, 4.69) is 5.32 Å². The predicted octanol–water partition coefficient (Wildman–Crippen LogP) is 0.673. The number of carbonyl (C=O) groups excluding carboxylic acids is 1. The zero-order chi connectivity index (χ0) is 10.9. The predicted molar refractivity (Wildman–Crippen MR) is 53.2 cm³/mol. The first-order chi connectivity index (χ1) is 5.92. The monoisotopic (exact) mass is 213 g/mol. The quantitative estimate of drug-likeness (QED) is 0.531. The first-order valence-electron chi connectivity index (χ1n) is 4.11. The van der Waals surface area contributed by atoms with Gasteiger partial charge in [0.15, 0.2) is 0 Å². The lowest BCUT2D eigenvalue weighted by Crippen LogP contribution is -2.22. The fraction of sp³-hybridized carbons (Fsp3) is 0.857. The Morgan fingerprint density at radius 1 is 1.46 bits per heavy atom. The standard InChI is InChI=1S/C5H11NO4S.C2H6.H2/c1-5(7)6-3-2-4-11(8,9)10;1-2;/h2-4H2,1H3,(H,6,7)(H,8,9,10);1-2H3;1H. The molecule has 5 nitrogen and oxygen atoms in total. The Bertz CT molecular complexity index is 228. The average molecular weight is 213 g/mol. The van der Waals surface area contributed by atoms with Gasteiger partial charge in [-0.1, -0.05) is 13.8 Å². The summed E-state index contributed by atoms with van der Waals surface area (Å²) in [7, 11) is -3.87. The van der Waals surface area contributed by atoms with Crippen molar-refractivity contribution in [3.63, 3.8) is 0 Å². The molecule has 1 amide bonds. The van der Waals surface area contributed by atoms with Crippen molar-refractivity contribution in [1.29, 1.82) is 0 Å². The van der Waals surface area contributed by atoms with Crippen molar-refractivity contribution in [2.24, 2.45) is 0 Å². The number of carbonyl (C=O) groups is 1. The number of amides is 1. The molecule has 0 saturated carbocycles. The van der Waals surface area contributed by atoms with E-state index in [0.29, 0.717) is 0 Å². The highest BCUT2D eigenvalue weighted by Gasteiger charge is 2.02. The number of hydrogen-bond acceptors (Lipinski definition) is 3. The van der Waals surface area contributed by atoms with Crippen molar-refractivity contribution in [3.8, 4) is 0 Å². The second-order valence-electron chi connectivity index (χ2n) is 2.12. The van der Waals surface area contributed by atoms with E-state index in [-0.39, 0.29) is 26.1 Å². The van der Waals surface area contributed by atoms with Crippen molar-refractivity contribution in [2.75, 3.05) is 12.3 Å². The molecule has 0 heterocycles. The molecule has 6 heteroatoms. The summed E-state index contributed by atoms with van der Waals surface area (Å²) >= 11 is 0. The van der Waals surface area contributed by atoms with Gasteiger partial charge in [0.25, 0.3) is 10.1 Å². The van der Waals surface area contributed by atoms with Crippen LogP contribution in [0.3, 0.4) is 0 Å². The van der Waals surface area contributed by atoms with E-state index in [9.17, 15) is 13.2 Å². The van der Waals surface area contributed by atoms with Crippen LogP contribution in [-0.2, 0) is 14.9 Å². The molecule has 0 aliphatic carbocycles. The highest BCUT2D eigenvalue weighted by Crippen LogP contribution is 1.85. The van der Waals surface area contributed by atoms with E-state index in [1.54, 1.807) is 0 Å². The summed E-state index contributed by atoms with van der Waals surface area (Å²) in [6, 6.07) is 0. The molecule has 0 aliphatic rings. The van der Waals surface area contributed by atoms with Crippen molar-refractivity contribution >= 4 is 16.0 Å². The van der Waals surface area contributed by atoms with E-state index < -0.39 is 10.1 Å². The lowest BCUT2D eigenvalue weighted by atomic mass is 10.5. The van der Waals surface area contributed by atoms with Gasteiger partial charge in [0.2, 0.25) is 5.91 Å². The Hall–Kier alpha value is -0.620. The summed E-state index contributed by atoms with van der Waals surface area (Å²) in [6.07, 6.45) is 0.235. The molecule has 0 aliphatic heterocycles. The minimum Gasteiger partial charge on any atom is -0.356 e. The van der Waals surface area contributed by atoms with Gasteiger partial charge < -0.3 is 5.32 Å². The van der Waals surface area contributed by atoms with Gasteiger partial charge >= 0.3 is 0 Å². The molecule has 0 bridgehead atoms. The molecule has 0 aromatic carbocycles. The Morgan fingerprint density at radius 2 is 1.92 bits per heavy atom. The van der Waals surface area contributed by atoms with E-state index in [1.165, 1.54) is 6.92 Å². The minimum absolute atomic E-state index is 0. The zero-order valence-electron chi connectivity index (χ0n) is 8.20. The molecule has 0 atom stereocenters. The van der Waals surface area contributed by atoms with Gasteiger partial charge in [-0.2, -0.15) is 8.42 Å². The van der Waals surface area contributed by atoms with Gasteiger partial charge in [-0.3, -0.25) is 9.35 Å². The largest absolute Gasteiger partial charge is 0.356 e. The summed E-state index contributed by atoms with van der Waals surface area (Å²) in [5.41, 5.74) is 0. The van der Waals surface area contributed by atoms with Crippen molar-refractivity contribution in [1.82, 2.24) is 5.32 Å². The molecule has 2 N–H and O–H groups in total. The Balaban J connectivity index is -0.000000376. The van der Waals surface area contributed by atoms with Crippen molar-refractivity contribution in [3.05, 3.63) is 0 Å². The van der Waals surface area contributed by atoms with Crippen molar-refractivity contribution < 1.29 is 19.2 Å².